The Kier molecular flexibility index (Phi) is 5.81. The first-order chi connectivity index (χ1) is 8.39. The second kappa shape index (κ2) is 6.89. The van der Waals surface area contributed by atoms with Crippen LogP contribution in [0.25, 0.3) is 6.08 Å². The number of benzene rings is 1. The molecule has 1 aromatic carbocycles. The minimum Gasteiger partial charge on any atom is -0.328 e. The molecule has 18 heavy (non-hydrogen) atoms. The van der Waals surface area contributed by atoms with Crippen LogP contribution in [0, 0.1) is 0 Å². The van der Waals surface area contributed by atoms with Crippen molar-refractivity contribution in [2.24, 2.45) is 5.73 Å². The molecule has 0 spiro atoms. The van der Waals surface area contributed by atoms with E-state index in [4.69, 9.17) is 17.3 Å². The van der Waals surface area contributed by atoms with Crippen molar-refractivity contribution in [3.63, 3.8) is 0 Å². The Morgan fingerprint density at radius 3 is 2.56 bits per heavy atom. The molecule has 3 N–H and O–H groups in total. The van der Waals surface area contributed by atoms with Crippen LogP contribution in [0.3, 0.4) is 0 Å². The van der Waals surface area contributed by atoms with E-state index in [1.807, 2.05) is 6.92 Å². The van der Waals surface area contributed by atoms with Crippen molar-refractivity contribution in [2.75, 3.05) is 6.54 Å². The Morgan fingerprint density at radius 2 is 2.00 bits per heavy atom. The third-order valence-corrected chi connectivity index (χ3v) is 3.57. The standard InChI is InChI=1S/C12H17ClN2O2S/c1-10(14)6-8-15-18(16,17)9-7-11-2-4-12(13)5-3-11/h2-5,7,9-10,15H,6,8,14H2,1H3/b9-7+. The average Bonchev–Trinajstić information content (AvgIpc) is 2.27. The average molecular weight is 289 g/mol. The summed E-state index contributed by atoms with van der Waals surface area (Å²) < 4.78 is 25.6. The number of nitrogens with two attached hydrogens (primary N) is 1. The molecule has 1 rings (SSSR count). The third-order valence-electron chi connectivity index (χ3n) is 2.21. The van der Waals surface area contributed by atoms with E-state index in [1.165, 1.54) is 6.08 Å². The highest BCUT2D eigenvalue weighted by Crippen LogP contribution is 2.11. The fraction of sp³-hybridized carbons (Fsp3) is 0.333. The molecule has 0 fully saturated rings. The van der Waals surface area contributed by atoms with Gasteiger partial charge in [0.1, 0.15) is 0 Å². The Hall–Kier alpha value is -0.880. The van der Waals surface area contributed by atoms with Gasteiger partial charge in [0.25, 0.3) is 0 Å². The fourth-order valence-electron chi connectivity index (χ4n) is 1.22. The normalized spacial score (nSPS) is 13.9. The van der Waals surface area contributed by atoms with E-state index in [2.05, 4.69) is 4.72 Å². The van der Waals surface area contributed by atoms with E-state index >= 15 is 0 Å². The quantitative estimate of drug-likeness (QED) is 0.840. The topological polar surface area (TPSA) is 72.2 Å². The predicted molar refractivity (Wildman–Crippen MR) is 75.7 cm³/mol. The minimum atomic E-state index is -3.40. The molecule has 0 bridgehead atoms. The van der Waals surface area contributed by atoms with Crippen molar-refractivity contribution in [3.8, 4) is 0 Å². The first kappa shape index (κ1) is 15.2. The van der Waals surface area contributed by atoms with E-state index < -0.39 is 10.0 Å². The maximum Gasteiger partial charge on any atom is 0.233 e. The molecule has 0 aliphatic rings. The van der Waals surface area contributed by atoms with Crippen molar-refractivity contribution in [1.29, 1.82) is 0 Å². The summed E-state index contributed by atoms with van der Waals surface area (Å²) in [7, 11) is -3.40. The van der Waals surface area contributed by atoms with Crippen molar-refractivity contribution < 1.29 is 8.42 Å². The lowest BCUT2D eigenvalue weighted by molar-refractivity contribution is 0.580. The Morgan fingerprint density at radius 1 is 1.39 bits per heavy atom. The summed E-state index contributed by atoms with van der Waals surface area (Å²) in [5.41, 5.74) is 6.31. The van der Waals surface area contributed by atoms with E-state index in [1.54, 1.807) is 24.3 Å². The molecule has 1 unspecified atom stereocenters. The van der Waals surface area contributed by atoms with Crippen LogP contribution in [-0.4, -0.2) is 21.0 Å². The van der Waals surface area contributed by atoms with Crippen LogP contribution in [0.15, 0.2) is 29.7 Å². The maximum absolute atomic E-state index is 11.6. The number of halogens is 1. The molecule has 100 valence electrons. The van der Waals surface area contributed by atoms with Crippen molar-refractivity contribution in [2.45, 2.75) is 19.4 Å². The van der Waals surface area contributed by atoms with E-state index in [0.29, 0.717) is 18.0 Å². The molecule has 0 aliphatic heterocycles. The lowest BCUT2D eigenvalue weighted by Crippen LogP contribution is -2.27. The minimum absolute atomic E-state index is 0.0204. The summed E-state index contributed by atoms with van der Waals surface area (Å²) >= 11 is 5.73. The van der Waals surface area contributed by atoms with Gasteiger partial charge >= 0.3 is 0 Å². The summed E-state index contributed by atoms with van der Waals surface area (Å²) in [6.45, 7) is 2.17. The number of nitrogens with one attached hydrogen (secondary N) is 1. The first-order valence-electron chi connectivity index (χ1n) is 5.58. The monoisotopic (exact) mass is 288 g/mol. The third kappa shape index (κ3) is 6.16. The van der Waals surface area contributed by atoms with E-state index in [-0.39, 0.29) is 6.04 Å². The first-order valence-corrected chi connectivity index (χ1v) is 7.50. The molecule has 0 radical (unpaired) electrons. The molecule has 0 aliphatic carbocycles. The molecular formula is C12H17ClN2O2S. The van der Waals surface area contributed by atoms with Gasteiger partial charge in [0.2, 0.25) is 10.0 Å². The zero-order chi connectivity index (χ0) is 13.6. The predicted octanol–water partition coefficient (Wildman–Crippen LogP) is 1.97. The van der Waals surface area contributed by atoms with Crippen molar-refractivity contribution in [3.05, 3.63) is 40.3 Å². The molecule has 1 aromatic rings. The second-order valence-corrected chi connectivity index (χ2v) is 6.15. The van der Waals surface area contributed by atoms with Crippen LogP contribution < -0.4 is 10.5 Å². The van der Waals surface area contributed by atoms with Crippen LogP contribution in [0.5, 0.6) is 0 Å². The fourth-order valence-corrected chi connectivity index (χ4v) is 2.18. The molecule has 0 heterocycles. The van der Waals surface area contributed by atoms with Crippen LogP contribution >= 0.6 is 11.6 Å². The van der Waals surface area contributed by atoms with Gasteiger partial charge in [-0.3, -0.25) is 0 Å². The smallest absolute Gasteiger partial charge is 0.233 e. The molecule has 0 amide bonds. The maximum atomic E-state index is 11.6. The number of rotatable bonds is 6. The Bertz CT molecular complexity index is 495. The summed E-state index contributed by atoms with van der Waals surface area (Å²) in [5, 5.41) is 1.75. The summed E-state index contributed by atoms with van der Waals surface area (Å²) in [5.74, 6) is 0. The van der Waals surface area contributed by atoms with Crippen LogP contribution in [0.2, 0.25) is 5.02 Å². The van der Waals surface area contributed by atoms with E-state index in [0.717, 1.165) is 11.0 Å². The number of hydrogen-bond acceptors (Lipinski definition) is 3. The van der Waals surface area contributed by atoms with Crippen LogP contribution in [0.1, 0.15) is 18.9 Å². The van der Waals surface area contributed by atoms with Crippen LogP contribution in [-0.2, 0) is 10.0 Å². The van der Waals surface area contributed by atoms with Gasteiger partial charge in [-0.05, 0) is 37.1 Å². The Labute approximate surface area is 113 Å². The molecule has 4 nitrogen and oxygen atoms in total. The Balaban J connectivity index is 2.57. The van der Waals surface area contributed by atoms with E-state index in [9.17, 15) is 8.42 Å². The lowest BCUT2D eigenvalue weighted by Gasteiger charge is -2.05. The second-order valence-electron chi connectivity index (χ2n) is 4.06. The van der Waals surface area contributed by atoms with Gasteiger partial charge in [-0.15, -0.1) is 0 Å². The largest absolute Gasteiger partial charge is 0.328 e. The van der Waals surface area contributed by atoms with Gasteiger partial charge < -0.3 is 5.73 Å². The zero-order valence-corrected chi connectivity index (χ0v) is 11.7. The number of hydrogen-bond donors (Lipinski definition) is 2. The highest BCUT2D eigenvalue weighted by Gasteiger charge is 2.04. The summed E-state index contributed by atoms with van der Waals surface area (Å²) in [6.07, 6.45) is 2.12. The van der Waals surface area contributed by atoms with Gasteiger partial charge in [0, 0.05) is 23.0 Å². The lowest BCUT2D eigenvalue weighted by atomic mass is 10.2. The number of sulfonamides is 1. The van der Waals surface area contributed by atoms with Gasteiger partial charge in [0.05, 0.1) is 0 Å². The SMILES string of the molecule is CC(N)CCNS(=O)(=O)/C=C/c1ccc(Cl)cc1. The zero-order valence-electron chi connectivity index (χ0n) is 10.1. The highest BCUT2D eigenvalue weighted by molar-refractivity contribution is 7.92. The highest BCUT2D eigenvalue weighted by atomic mass is 35.5. The van der Waals surface area contributed by atoms with Gasteiger partial charge in [-0.1, -0.05) is 23.7 Å². The van der Waals surface area contributed by atoms with Gasteiger partial charge in [0.15, 0.2) is 0 Å². The van der Waals surface area contributed by atoms with Crippen LogP contribution in [0.4, 0.5) is 0 Å². The van der Waals surface area contributed by atoms with Gasteiger partial charge in [-0.2, -0.15) is 0 Å². The molecule has 1 atom stereocenters. The molecular weight excluding hydrogens is 272 g/mol. The molecule has 0 saturated heterocycles. The van der Waals surface area contributed by atoms with Crippen molar-refractivity contribution >= 4 is 27.7 Å². The summed E-state index contributed by atoms with van der Waals surface area (Å²) in [6, 6.07) is 6.88. The summed E-state index contributed by atoms with van der Waals surface area (Å²) in [4.78, 5) is 0. The molecule has 6 heteroatoms. The molecule has 0 aromatic heterocycles. The van der Waals surface area contributed by atoms with Gasteiger partial charge in [-0.25, -0.2) is 13.1 Å². The molecule has 0 saturated carbocycles. The van der Waals surface area contributed by atoms with Crippen molar-refractivity contribution in [1.82, 2.24) is 4.72 Å².